The van der Waals surface area contributed by atoms with Crippen molar-refractivity contribution in [2.24, 2.45) is 5.92 Å². The van der Waals surface area contributed by atoms with E-state index in [2.05, 4.69) is 10.1 Å². The molecule has 0 aromatic heterocycles. The van der Waals surface area contributed by atoms with Crippen molar-refractivity contribution in [2.45, 2.75) is 19.2 Å². The van der Waals surface area contributed by atoms with Gasteiger partial charge in [0.1, 0.15) is 5.75 Å². The summed E-state index contributed by atoms with van der Waals surface area (Å²) in [6.45, 7) is 2.24. The molecule has 0 atom stereocenters. The van der Waals surface area contributed by atoms with E-state index in [1.165, 1.54) is 18.2 Å². The minimum absolute atomic E-state index is 0.204. The van der Waals surface area contributed by atoms with Crippen LogP contribution >= 0.6 is 0 Å². The van der Waals surface area contributed by atoms with E-state index in [4.69, 9.17) is 4.74 Å². The second-order valence-electron chi connectivity index (χ2n) is 4.51. The highest BCUT2D eigenvalue weighted by molar-refractivity contribution is 5.48. The maximum Gasteiger partial charge on any atom is 0.573 e. The van der Waals surface area contributed by atoms with Crippen LogP contribution in [0.25, 0.3) is 0 Å². The third-order valence-electron chi connectivity index (χ3n) is 3.00. The number of hydrogen-bond donors (Lipinski definition) is 1. The van der Waals surface area contributed by atoms with E-state index in [0.29, 0.717) is 11.6 Å². The second kappa shape index (κ2) is 6.14. The van der Waals surface area contributed by atoms with Gasteiger partial charge >= 0.3 is 6.36 Å². The average Bonchev–Trinajstić information content (AvgIpc) is 2.36. The fraction of sp³-hybridized carbons (Fsp3) is 0.538. The molecule has 1 fully saturated rings. The van der Waals surface area contributed by atoms with Crippen LogP contribution in [-0.2, 0) is 4.74 Å². The van der Waals surface area contributed by atoms with E-state index in [1.807, 2.05) is 0 Å². The fourth-order valence-electron chi connectivity index (χ4n) is 2.02. The molecule has 1 aliphatic rings. The first kappa shape index (κ1) is 14.0. The van der Waals surface area contributed by atoms with E-state index >= 15 is 0 Å². The molecule has 1 heterocycles. The van der Waals surface area contributed by atoms with Crippen molar-refractivity contribution in [3.8, 4) is 5.75 Å². The summed E-state index contributed by atoms with van der Waals surface area (Å²) in [5, 5.41) is 3.14. The highest BCUT2D eigenvalue weighted by Crippen LogP contribution is 2.25. The maximum atomic E-state index is 12.1. The first-order chi connectivity index (χ1) is 9.03. The lowest BCUT2D eigenvalue weighted by molar-refractivity contribution is -0.274. The zero-order chi connectivity index (χ0) is 13.7. The molecule has 2 rings (SSSR count). The van der Waals surface area contributed by atoms with E-state index in [9.17, 15) is 13.2 Å². The minimum Gasteiger partial charge on any atom is -0.406 e. The smallest absolute Gasteiger partial charge is 0.406 e. The SMILES string of the molecule is FC(F)(F)Oc1cccc(NCC2CCOCC2)c1. The summed E-state index contributed by atoms with van der Waals surface area (Å²) in [5.74, 6) is 0.297. The molecule has 0 spiro atoms. The van der Waals surface area contributed by atoms with Crippen LogP contribution in [0.4, 0.5) is 18.9 Å². The van der Waals surface area contributed by atoms with Crippen molar-refractivity contribution in [1.82, 2.24) is 0 Å². The van der Waals surface area contributed by atoms with Crippen molar-refractivity contribution in [2.75, 3.05) is 25.1 Å². The van der Waals surface area contributed by atoms with Gasteiger partial charge in [0.25, 0.3) is 0 Å². The summed E-state index contributed by atoms with van der Waals surface area (Å²) in [5.41, 5.74) is 0.633. The van der Waals surface area contributed by atoms with Crippen LogP contribution in [0.2, 0.25) is 0 Å². The van der Waals surface area contributed by atoms with Gasteiger partial charge in [-0.2, -0.15) is 0 Å². The number of ether oxygens (including phenoxy) is 2. The number of anilines is 1. The Morgan fingerprint density at radius 3 is 2.68 bits per heavy atom. The van der Waals surface area contributed by atoms with Crippen LogP contribution < -0.4 is 10.1 Å². The molecule has 6 heteroatoms. The Morgan fingerprint density at radius 2 is 2.00 bits per heavy atom. The van der Waals surface area contributed by atoms with Gasteiger partial charge in [-0.05, 0) is 30.9 Å². The van der Waals surface area contributed by atoms with Crippen molar-refractivity contribution in [3.63, 3.8) is 0 Å². The molecular weight excluding hydrogens is 259 g/mol. The zero-order valence-corrected chi connectivity index (χ0v) is 10.4. The number of benzene rings is 1. The summed E-state index contributed by atoms with van der Waals surface area (Å²) < 4.78 is 45.4. The highest BCUT2D eigenvalue weighted by Gasteiger charge is 2.31. The monoisotopic (exact) mass is 275 g/mol. The Balaban J connectivity index is 1.87. The first-order valence-electron chi connectivity index (χ1n) is 6.20. The molecule has 0 bridgehead atoms. The normalized spacial score (nSPS) is 17.2. The molecule has 0 radical (unpaired) electrons. The predicted molar refractivity (Wildman–Crippen MR) is 65.2 cm³/mol. The lowest BCUT2D eigenvalue weighted by Crippen LogP contribution is -2.22. The van der Waals surface area contributed by atoms with Gasteiger partial charge in [0, 0.05) is 31.5 Å². The Bertz CT molecular complexity index is 403. The van der Waals surface area contributed by atoms with Crippen molar-refractivity contribution in [3.05, 3.63) is 24.3 Å². The first-order valence-corrected chi connectivity index (χ1v) is 6.20. The molecule has 1 saturated heterocycles. The molecule has 106 valence electrons. The summed E-state index contributed by atoms with van der Waals surface area (Å²) >= 11 is 0. The van der Waals surface area contributed by atoms with Crippen molar-refractivity contribution in [1.29, 1.82) is 0 Å². The third-order valence-corrected chi connectivity index (χ3v) is 3.00. The molecule has 3 nitrogen and oxygen atoms in total. The van der Waals surface area contributed by atoms with E-state index in [0.717, 1.165) is 32.6 Å². The second-order valence-corrected chi connectivity index (χ2v) is 4.51. The summed E-state index contributed by atoms with van der Waals surface area (Å²) in [6.07, 6.45) is -2.70. The largest absolute Gasteiger partial charge is 0.573 e. The highest BCUT2D eigenvalue weighted by atomic mass is 19.4. The Hall–Kier alpha value is -1.43. The molecule has 0 amide bonds. The summed E-state index contributed by atoms with van der Waals surface area (Å²) in [4.78, 5) is 0. The third kappa shape index (κ3) is 4.98. The standard InChI is InChI=1S/C13H16F3NO2/c14-13(15,16)19-12-3-1-2-11(8-12)17-9-10-4-6-18-7-5-10/h1-3,8,10,17H,4-7,9H2. The van der Waals surface area contributed by atoms with E-state index in [-0.39, 0.29) is 5.75 Å². The molecule has 1 aliphatic heterocycles. The van der Waals surface area contributed by atoms with Crippen molar-refractivity contribution >= 4 is 5.69 Å². The molecular formula is C13H16F3NO2. The van der Waals surface area contributed by atoms with Gasteiger partial charge in [-0.1, -0.05) is 6.07 Å². The molecule has 0 saturated carbocycles. The predicted octanol–water partition coefficient (Wildman–Crippen LogP) is 3.42. The molecule has 1 aromatic carbocycles. The number of hydrogen-bond acceptors (Lipinski definition) is 3. The summed E-state index contributed by atoms with van der Waals surface area (Å²) in [6, 6.07) is 5.90. The Labute approximate surface area is 109 Å². The zero-order valence-electron chi connectivity index (χ0n) is 10.4. The van der Waals surface area contributed by atoms with Gasteiger partial charge in [0.05, 0.1) is 0 Å². The van der Waals surface area contributed by atoms with Gasteiger partial charge in [0.15, 0.2) is 0 Å². The quantitative estimate of drug-likeness (QED) is 0.913. The number of nitrogens with one attached hydrogen (secondary N) is 1. The number of rotatable bonds is 4. The molecule has 19 heavy (non-hydrogen) atoms. The Kier molecular flexibility index (Phi) is 4.52. The van der Waals surface area contributed by atoms with Crippen LogP contribution in [0.3, 0.4) is 0 Å². The fourth-order valence-corrected chi connectivity index (χ4v) is 2.02. The van der Waals surface area contributed by atoms with Gasteiger partial charge < -0.3 is 14.8 Å². The van der Waals surface area contributed by atoms with E-state index in [1.54, 1.807) is 6.07 Å². The molecule has 0 unspecified atom stereocenters. The minimum atomic E-state index is -4.65. The topological polar surface area (TPSA) is 30.5 Å². The Morgan fingerprint density at radius 1 is 1.26 bits per heavy atom. The van der Waals surface area contributed by atoms with Crippen molar-refractivity contribution < 1.29 is 22.6 Å². The van der Waals surface area contributed by atoms with Crippen LogP contribution in [-0.4, -0.2) is 26.1 Å². The lowest BCUT2D eigenvalue weighted by atomic mass is 10.0. The van der Waals surface area contributed by atoms with E-state index < -0.39 is 6.36 Å². The number of alkyl halides is 3. The van der Waals surface area contributed by atoms with Gasteiger partial charge in [-0.15, -0.1) is 13.2 Å². The van der Waals surface area contributed by atoms with Crippen LogP contribution in [0, 0.1) is 5.92 Å². The molecule has 1 aromatic rings. The maximum absolute atomic E-state index is 12.1. The average molecular weight is 275 g/mol. The van der Waals surface area contributed by atoms with Gasteiger partial charge in [-0.3, -0.25) is 0 Å². The van der Waals surface area contributed by atoms with Crippen LogP contribution in [0.1, 0.15) is 12.8 Å². The van der Waals surface area contributed by atoms with Crippen LogP contribution in [0.5, 0.6) is 5.75 Å². The molecule has 1 N–H and O–H groups in total. The molecule has 0 aliphatic carbocycles. The van der Waals surface area contributed by atoms with Gasteiger partial charge in [-0.25, -0.2) is 0 Å². The number of halogens is 3. The van der Waals surface area contributed by atoms with Crippen LogP contribution in [0.15, 0.2) is 24.3 Å². The summed E-state index contributed by atoms with van der Waals surface area (Å²) in [7, 11) is 0. The van der Waals surface area contributed by atoms with Gasteiger partial charge in [0.2, 0.25) is 0 Å². The lowest BCUT2D eigenvalue weighted by Gasteiger charge is -2.22.